The Morgan fingerprint density at radius 3 is 2.58 bits per heavy atom. The van der Waals surface area contributed by atoms with E-state index >= 15 is 0 Å². The Kier molecular flexibility index (Phi) is 4.14. The first kappa shape index (κ1) is 13.5. The molecule has 0 fully saturated rings. The molecule has 0 aromatic carbocycles. The second kappa shape index (κ2) is 5.82. The molecule has 0 aliphatic carbocycles. The molecule has 0 radical (unpaired) electrons. The first-order valence-electron chi connectivity index (χ1n) is 6.78. The van der Waals surface area contributed by atoms with Crippen molar-refractivity contribution in [2.45, 2.75) is 40.5 Å². The van der Waals surface area contributed by atoms with Gasteiger partial charge >= 0.3 is 0 Å². The van der Waals surface area contributed by atoms with Gasteiger partial charge in [0.25, 0.3) is 0 Å². The van der Waals surface area contributed by atoms with Crippen LogP contribution >= 0.6 is 0 Å². The number of hydrogen-bond acceptors (Lipinski definition) is 4. The van der Waals surface area contributed by atoms with Gasteiger partial charge in [0.15, 0.2) is 5.82 Å². The molecule has 102 valence electrons. The normalized spacial score (nSPS) is 10.7. The molecule has 0 bridgehead atoms. The quantitative estimate of drug-likeness (QED) is 0.897. The second-order valence-electron chi connectivity index (χ2n) is 4.64. The van der Waals surface area contributed by atoms with Crippen LogP contribution in [-0.4, -0.2) is 26.3 Å². The minimum Gasteiger partial charge on any atom is -0.370 e. The lowest BCUT2D eigenvalue weighted by Crippen LogP contribution is -2.11. The highest BCUT2D eigenvalue weighted by Crippen LogP contribution is 2.21. The van der Waals surface area contributed by atoms with Crippen LogP contribution in [0.25, 0.3) is 5.82 Å². The summed E-state index contributed by atoms with van der Waals surface area (Å²) in [5, 5.41) is 7.83. The number of aryl methyl sites for hydroxylation is 2. The van der Waals surface area contributed by atoms with E-state index in [1.807, 2.05) is 18.5 Å². The van der Waals surface area contributed by atoms with Gasteiger partial charge in [-0.15, -0.1) is 0 Å². The van der Waals surface area contributed by atoms with E-state index in [1.54, 1.807) is 6.33 Å². The highest BCUT2D eigenvalue weighted by molar-refractivity contribution is 5.52. The number of anilines is 1. The van der Waals surface area contributed by atoms with Crippen molar-refractivity contribution in [2.24, 2.45) is 0 Å². The van der Waals surface area contributed by atoms with E-state index in [0.29, 0.717) is 0 Å². The molecule has 2 aromatic heterocycles. The molecular weight excluding hydrogens is 238 g/mol. The summed E-state index contributed by atoms with van der Waals surface area (Å²) in [6.45, 7) is 9.12. The van der Waals surface area contributed by atoms with Crippen molar-refractivity contribution < 1.29 is 0 Å². The van der Waals surface area contributed by atoms with Crippen LogP contribution < -0.4 is 5.32 Å². The third-order valence-corrected chi connectivity index (χ3v) is 2.98. The van der Waals surface area contributed by atoms with E-state index in [1.165, 1.54) is 0 Å². The van der Waals surface area contributed by atoms with Crippen molar-refractivity contribution in [2.75, 3.05) is 11.9 Å². The fraction of sp³-hybridized carbons (Fsp3) is 0.500. The summed E-state index contributed by atoms with van der Waals surface area (Å²) < 4.78 is 1.91. The van der Waals surface area contributed by atoms with Crippen LogP contribution in [-0.2, 0) is 6.42 Å². The molecule has 0 saturated heterocycles. The third kappa shape index (κ3) is 2.75. The summed E-state index contributed by atoms with van der Waals surface area (Å²) in [5.41, 5.74) is 3.23. The average Bonchev–Trinajstić information content (AvgIpc) is 2.71. The molecule has 0 unspecified atom stereocenters. The number of hydrogen-bond donors (Lipinski definition) is 1. The van der Waals surface area contributed by atoms with Gasteiger partial charge < -0.3 is 5.32 Å². The van der Waals surface area contributed by atoms with Crippen LogP contribution in [0.2, 0.25) is 0 Å². The third-order valence-electron chi connectivity index (χ3n) is 2.98. The summed E-state index contributed by atoms with van der Waals surface area (Å²) in [5.74, 6) is 1.81. The van der Waals surface area contributed by atoms with Gasteiger partial charge in [0.1, 0.15) is 12.1 Å². The Balaban J connectivity index is 2.55. The van der Waals surface area contributed by atoms with Gasteiger partial charge in [0.2, 0.25) is 0 Å². The smallest absolute Gasteiger partial charge is 0.162 e. The van der Waals surface area contributed by atoms with E-state index in [0.717, 1.165) is 48.0 Å². The summed E-state index contributed by atoms with van der Waals surface area (Å²) in [7, 11) is 0. The molecule has 1 N–H and O–H groups in total. The molecule has 0 spiro atoms. The molecule has 19 heavy (non-hydrogen) atoms. The predicted molar refractivity (Wildman–Crippen MR) is 76.8 cm³/mol. The molecule has 0 aliphatic rings. The molecule has 0 saturated carbocycles. The predicted octanol–water partition coefficient (Wildman–Crippen LogP) is 2.66. The van der Waals surface area contributed by atoms with E-state index in [9.17, 15) is 0 Å². The van der Waals surface area contributed by atoms with E-state index < -0.39 is 0 Å². The van der Waals surface area contributed by atoms with E-state index in [-0.39, 0.29) is 0 Å². The molecule has 0 aliphatic heterocycles. The van der Waals surface area contributed by atoms with Crippen molar-refractivity contribution in [1.82, 2.24) is 19.7 Å². The Morgan fingerprint density at radius 1 is 1.21 bits per heavy atom. The fourth-order valence-corrected chi connectivity index (χ4v) is 2.23. The SMILES string of the molecule is CCCc1c(NCC)ncnc1-n1nc(C)cc1C. The molecule has 2 aromatic rings. The molecule has 0 atom stereocenters. The van der Waals surface area contributed by atoms with Gasteiger partial charge in [-0.1, -0.05) is 13.3 Å². The van der Waals surface area contributed by atoms with Crippen molar-refractivity contribution in [3.63, 3.8) is 0 Å². The van der Waals surface area contributed by atoms with Crippen LogP contribution in [0, 0.1) is 13.8 Å². The Labute approximate surface area is 114 Å². The maximum absolute atomic E-state index is 4.52. The van der Waals surface area contributed by atoms with E-state index in [4.69, 9.17) is 0 Å². The minimum atomic E-state index is 0.851. The summed E-state index contributed by atoms with van der Waals surface area (Å²) in [4.78, 5) is 8.78. The fourth-order valence-electron chi connectivity index (χ4n) is 2.23. The molecule has 5 nitrogen and oxygen atoms in total. The summed E-state index contributed by atoms with van der Waals surface area (Å²) in [6.07, 6.45) is 3.60. The topological polar surface area (TPSA) is 55.6 Å². The maximum atomic E-state index is 4.52. The number of nitrogens with zero attached hydrogens (tertiary/aromatic N) is 4. The zero-order valence-electron chi connectivity index (χ0n) is 12.1. The van der Waals surface area contributed by atoms with Crippen LogP contribution in [0.4, 0.5) is 5.82 Å². The Hall–Kier alpha value is -1.91. The standard InChI is InChI=1S/C14H21N5/c1-5-7-12-13(15-6-2)16-9-17-14(12)19-11(4)8-10(3)18-19/h8-9H,5-7H2,1-4H3,(H,15,16,17). The first-order chi connectivity index (χ1) is 9.17. The number of nitrogens with one attached hydrogen (secondary N) is 1. The lowest BCUT2D eigenvalue weighted by atomic mass is 10.1. The largest absolute Gasteiger partial charge is 0.370 e. The summed E-state index contributed by atoms with van der Waals surface area (Å²) in [6, 6.07) is 2.06. The van der Waals surface area contributed by atoms with Gasteiger partial charge in [0, 0.05) is 17.8 Å². The van der Waals surface area contributed by atoms with Crippen LogP contribution in [0.15, 0.2) is 12.4 Å². The van der Waals surface area contributed by atoms with Gasteiger partial charge in [-0.2, -0.15) is 5.10 Å². The minimum absolute atomic E-state index is 0.851. The number of aromatic nitrogens is 4. The van der Waals surface area contributed by atoms with Gasteiger partial charge in [-0.3, -0.25) is 0 Å². The second-order valence-corrected chi connectivity index (χ2v) is 4.64. The maximum Gasteiger partial charge on any atom is 0.162 e. The molecule has 0 amide bonds. The zero-order valence-corrected chi connectivity index (χ0v) is 12.1. The summed E-state index contributed by atoms with van der Waals surface area (Å²) >= 11 is 0. The van der Waals surface area contributed by atoms with Crippen molar-refractivity contribution in [3.05, 3.63) is 29.3 Å². The first-order valence-corrected chi connectivity index (χ1v) is 6.78. The molecule has 2 rings (SSSR count). The lowest BCUT2D eigenvalue weighted by molar-refractivity contribution is 0.772. The monoisotopic (exact) mass is 259 g/mol. The van der Waals surface area contributed by atoms with Crippen LogP contribution in [0.1, 0.15) is 37.2 Å². The Morgan fingerprint density at radius 2 is 2.00 bits per heavy atom. The van der Waals surface area contributed by atoms with Crippen molar-refractivity contribution in [1.29, 1.82) is 0 Å². The highest BCUT2D eigenvalue weighted by Gasteiger charge is 2.14. The van der Waals surface area contributed by atoms with E-state index in [2.05, 4.69) is 40.3 Å². The Bertz CT molecular complexity index is 559. The zero-order chi connectivity index (χ0) is 13.8. The average molecular weight is 259 g/mol. The molecule has 2 heterocycles. The van der Waals surface area contributed by atoms with Crippen LogP contribution in [0.5, 0.6) is 0 Å². The highest BCUT2D eigenvalue weighted by atomic mass is 15.3. The lowest BCUT2D eigenvalue weighted by Gasteiger charge is -2.13. The number of rotatable bonds is 5. The van der Waals surface area contributed by atoms with Crippen LogP contribution in [0.3, 0.4) is 0 Å². The van der Waals surface area contributed by atoms with Gasteiger partial charge in [-0.25, -0.2) is 14.6 Å². The molecule has 5 heteroatoms. The van der Waals surface area contributed by atoms with Crippen molar-refractivity contribution >= 4 is 5.82 Å². The molecular formula is C14H21N5. The van der Waals surface area contributed by atoms with Gasteiger partial charge in [-0.05, 0) is 33.3 Å². The van der Waals surface area contributed by atoms with Gasteiger partial charge in [0.05, 0.1) is 5.69 Å². The van der Waals surface area contributed by atoms with Crippen molar-refractivity contribution in [3.8, 4) is 5.82 Å².